The minimum absolute atomic E-state index is 0.231. The van der Waals surface area contributed by atoms with Crippen molar-refractivity contribution in [1.82, 2.24) is 8.97 Å². The molecule has 1 aliphatic rings. The Balaban J connectivity index is 0.814. The molecule has 0 saturated heterocycles. The van der Waals surface area contributed by atoms with Crippen molar-refractivity contribution < 1.29 is 4.42 Å². The molecule has 1 aliphatic carbocycles. The van der Waals surface area contributed by atoms with Gasteiger partial charge in [0.15, 0.2) is 0 Å². The lowest BCUT2D eigenvalue weighted by Crippen LogP contribution is -2.17. The SMILES string of the molecule is C=CC(=CC=Cn1c2ccccc2c2ccccc21)c1ccc(N(C2=CCC(c3cc4c5ccccc5n5c6ccccc6c(c3)c45)C=C2)c2ccc(-c3ccc4c(c3)oc3ccccc34)cc2)cc1. The zero-order valence-electron chi connectivity index (χ0n) is 38.3. The summed E-state index contributed by atoms with van der Waals surface area (Å²) in [6, 6.07) is 72.3. The van der Waals surface area contributed by atoms with Gasteiger partial charge in [0, 0.05) is 72.3 Å². The highest BCUT2D eigenvalue weighted by Gasteiger charge is 2.23. The number of furan rings is 1. The number of aromatic nitrogens is 2. The molecule has 1 unspecified atom stereocenters. The zero-order chi connectivity index (χ0) is 46.3. The van der Waals surface area contributed by atoms with Gasteiger partial charge in [0.25, 0.3) is 0 Å². The maximum Gasteiger partial charge on any atom is 0.136 e. The molecule has 0 saturated carbocycles. The van der Waals surface area contributed by atoms with Crippen molar-refractivity contribution in [2.24, 2.45) is 0 Å². The van der Waals surface area contributed by atoms with E-state index < -0.39 is 0 Å². The summed E-state index contributed by atoms with van der Waals surface area (Å²) >= 11 is 0. The molecule has 4 aromatic heterocycles. The van der Waals surface area contributed by atoms with Gasteiger partial charge in [0.2, 0.25) is 0 Å². The molecular formula is C66H45N3O. The summed E-state index contributed by atoms with van der Waals surface area (Å²) in [5.74, 6) is 0.231. The van der Waals surface area contributed by atoms with Crippen LogP contribution in [0.4, 0.5) is 11.4 Å². The van der Waals surface area contributed by atoms with E-state index in [2.05, 4.69) is 245 Å². The predicted octanol–water partition coefficient (Wildman–Crippen LogP) is 18.0. The molecule has 0 amide bonds. The van der Waals surface area contributed by atoms with E-state index in [9.17, 15) is 0 Å². The van der Waals surface area contributed by atoms with Crippen LogP contribution >= 0.6 is 0 Å². The van der Waals surface area contributed by atoms with Gasteiger partial charge in [-0.15, -0.1) is 0 Å². The quantitative estimate of drug-likeness (QED) is 0.135. The molecule has 1 atom stereocenters. The first-order chi connectivity index (χ1) is 34.7. The predicted molar refractivity (Wildman–Crippen MR) is 296 cm³/mol. The third-order valence-corrected chi connectivity index (χ3v) is 14.6. The van der Waals surface area contributed by atoms with Crippen molar-refractivity contribution in [2.75, 3.05) is 4.90 Å². The molecule has 70 heavy (non-hydrogen) atoms. The summed E-state index contributed by atoms with van der Waals surface area (Å²) < 4.78 is 11.0. The van der Waals surface area contributed by atoms with E-state index in [1.165, 1.54) is 65.5 Å². The number of hydrogen-bond donors (Lipinski definition) is 0. The van der Waals surface area contributed by atoms with Crippen molar-refractivity contribution >= 4 is 105 Å². The van der Waals surface area contributed by atoms with Gasteiger partial charge in [-0.3, -0.25) is 0 Å². The van der Waals surface area contributed by atoms with Crippen molar-refractivity contribution in [3.63, 3.8) is 0 Å². The van der Waals surface area contributed by atoms with Crippen LogP contribution in [0.3, 0.4) is 0 Å². The highest BCUT2D eigenvalue weighted by molar-refractivity contribution is 6.23. The Kier molecular flexibility index (Phi) is 9.15. The molecule has 0 fully saturated rings. The minimum atomic E-state index is 0.231. The Labute approximate surface area is 404 Å². The second kappa shape index (κ2) is 16.0. The summed E-state index contributed by atoms with van der Waals surface area (Å²) in [6.45, 7) is 4.23. The highest BCUT2D eigenvalue weighted by Crippen LogP contribution is 2.43. The van der Waals surface area contributed by atoms with Crippen LogP contribution in [0.5, 0.6) is 0 Å². The van der Waals surface area contributed by atoms with Gasteiger partial charge in [-0.05, 0) is 125 Å². The third kappa shape index (κ3) is 6.30. The molecule has 9 aromatic carbocycles. The Morgan fingerprint density at radius 3 is 1.69 bits per heavy atom. The first kappa shape index (κ1) is 40.0. The molecule has 0 spiro atoms. The normalized spacial score (nSPS) is 14.5. The Bertz CT molecular complexity index is 4200. The smallest absolute Gasteiger partial charge is 0.136 e. The first-order valence-electron chi connectivity index (χ1n) is 24.1. The maximum absolute atomic E-state index is 6.29. The number of nitrogens with zero attached hydrogens (tertiary/aromatic N) is 3. The van der Waals surface area contributed by atoms with Crippen molar-refractivity contribution in [1.29, 1.82) is 0 Å². The van der Waals surface area contributed by atoms with Gasteiger partial charge in [-0.1, -0.05) is 152 Å². The first-order valence-corrected chi connectivity index (χ1v) is 24.1. The van der Waals surface area contributed by atoms with Crippen LogP contribution in [0, 0.1) is 0 Å². The molecule has 4 heterocycles. The van der Waals surface area contributed by atoms with E-state index >= 15 is 0 Å². The fourth-order valence-corrected chi connectivity index (χ4v) is 11.3. The van der Waals surface area contributed by atoms with Gasteiger partial charge in [-0.2, -0.15) is 0 Å². The summed E-state index contributed by atoms with van der Waals surface area (Å²) in [5.41, 5.74) is 17.1. The number of benzene rings is 9. The zero-order valence-corrected chi connectivity index (χ0v) is 38.3. The number of rotatable bonds is 9. The fraction of sp³-hybridized carbons (Fsp3) is 0.0303. The Hall–Kier alpha value is -9.12. The molecule has 0 N–H and O–H groups in total. The topological polar surface area (TPSA) is 25.7 Å². The van der Waals surface area contributed by atoms with Gasteiger partial charge in [0.05, 0.1) is 27.6 Å². The molecule has 14 rings (SSSR count). The molecule has 4 nitrogen and oxygen atoms in total. The monoisotopic (exact) mass is 895 g/mol. The number of hydrogen-bond acceptors (Lipinski definition) is 2. The van der Waals surface area contributed by atoms with E-state index in [1.807, 2.05) is 18.2 Å². The molecule has 4 heteroatoms. The van der Waals surface area contributed by atoms with E-state index in [0.717, 1.165) is 67.7 Å². The van der Waals surface area contributed by atoms with Gasteiger partial charge >= 0.3 is 0 Å². The van der Waals surface area contributed by atoms with Crippen LogP contribution in [-0.2, 0) is 0 Å². The lowest BCUT2D eigenvalue weighted by molar-refractivity contribution is 0.669. The maximum atomic E-state index is 6.29. The average molecular weight is 896 g/mol. The van der Waals surface area contributed by atoms with E-state index in [1.54, 1.807) is 0 Å². The summed E-state index contributed by atoms with van der Waals surface area (Å²) in [4.78, 5) is 2.38. The second-order valence-corrected chi connectivity index (χ2v) is 18.5. The lowest BCUT2D eigenvalue weighted by atomic mass is 9.89. The van der Waals surface area contributed by atoms with Gasteiger partial charge in [-0.25, -0.2) is 0 Å². The Morgan fingerprint density at radius 2 is 1.07 bits per heavy atom. The van der Waals surface area contributed by atoms with E-state index in [-0.39, 0.29) is 5.92 Å². The lowest BCUT2D eigenvalue weighted by Gasteiger charge is -2.29. The van der Waals surface area contributed by atoms with E-state index in [0.29, 0.717) is 0 Å². The van der Waals surface area contributed by atoms with Crippen LogP contribution in [0.25, 0.3) is 105 Å². The second-order valence-electron chi connectivity index (χ2n) is 18.5. The standard InChI is InChI=1S/C66H45N3O/c1-2-43(14-13-39-67-60-20-8-3-15-52(60)53-16-4-9-21-61(53)67)44-25-32-49(33-26-44)68(50-34-27-45(28-35-50)47-31-38-57-56-19-7-12-24-64(56)70-65(57)42-47)51-36-29-46(30-37-51)48-40-58-54-17-5-10-22-62(54)69-63-23-11-6-18-55(63)59(41-48)66(58)69/h2-29,31-42,46H,1,30H2. The Morgan fingerprint density at radius 1 is 0.529 bits per heavy atom. The fourth-order valence-electron chi connectivity index (χ4n) is 11.3. The van der Waals surface area contributed by atoms with Crippen LogP contribution in [0.2, 0.25) is 0 Å². The highest BCUT2D eigenvalue weighted by atomic mass is 16.3. The summed E-state index contributed by atoms with van der Waals surface area (Å²) in [7, 11) is 0. The number of anilines is 2. The van der Waals surface area contributed by atoms with Crippen LogP contribution < -0.4 is 4.90 Å². The van der Waals surface area contributed by atoms with Gasteiger partial charge in [0.1, 0.15) is 11.2 Å². The van der Waals surface area contributed by atoms with Crippen molar-refractivity contribution in [3.05, 3.63) is 260 Å². The van der Waals surface area contributed by atoms with Crippen LogP contribution in [0.1, 0.15) is 23.5 Å². The third-order valence-electron chi connectivity index (χ3n) is 14.6. The summed E-state index contributed by atoms with van der Waals surface area (Å²) in [5, 5.41) is 10.0. The summed E-state index contributed by atoms with van der Waals surface area (Å²) in [6.07, 6.45) is 16.4. The molecule has 330 valence electrons. The molecule has 0 radical (unpaired) electrons. The number of allylic oxidation sites excluding steroid dienone is 7. The van der Waals surface area contributed by atoms with Crippen molar-refractivity contribution in [3.8, 4) is 11.1 Å². The van der Waals surface area contributed by atoms with Crippen LogP contribution in [-0.4, -0.2) is 8.97 Å². The minimum Gasteiger partial charge on any atom is -0.456 e. The van der Waals surface area contributed by atoms with Gasteiger partial charge < -0.3 is 18.3 Å². The number of para-hydroxylation sites is 5. The largest absolute Gasteiger partial charge is 0.456 e. The molecule has 0 aliphatic heterocycles. The molecular weight excluding hydrogens is 851 g/mol. The molecule has 13 aromatic rings. The van der Waals surface area contributed by atoms with Crippen LogP contribution in [0.15, 0.2) is 253 Å². The molecule has 0 bridgehead atoms. The van der Waals surface area contributed by atoms with Crippen molar-refractivity contribution in [2.45, 2.75) is 12.3 Å². The van der Waals surface area contributed by atoms with E-state index in [4.69, 9.17) is 4.42 Å². The number of fused-ring (bicyclic) bond motifs is 12. The average Bonchev–Trinajstić information content (AvgIpc) is 4.16.